The highest BCUT2D eigenvalue weighted by Gasteiger charge is 2.18. The van der Waals surface area contributed by atoms with Gasteiger partial charge in [0, 0.05) is 0 Å². The van der Waals surface area contributed by atoms with E-state index in [0.717, 1.165) is 31.9 Å². The minimum absolute atomic E-state index is 0.382. The van der Waals surface area contributed by atoms with Crippen molar-refractivity contribution in [3.05, 3.63) is 30.3 Å². The van der Waals surface area contributed by atoms with Crippen molar-refractivity contribution < 1.29 is 4.74 Å². The van der Waals surface area contributed by atoms with E-state index in [2.05, 4.69) is 33.0 Å². The van der Waals surface area contributed by atoms with Gasteiger partial charge < -0.3 is 10.1 Å². The van der Waals surface area contributed by atoms with Gasteiger partial charge >= 0.3 is 0 Å². The predicted octanol–water partition coefficient (Wildman–Crippen LogP) is 3.73. The Morgan fingerprint density at radius 2 is 1.83 bits per heavy atom. The van der Waals surface area contributed by atoms with E-state index in [4.69, 9.17) is 4.74 Å². The summed E-state index contributed by atoms with van der Waals surface area (Å²) in [5, 5.41) is 3.50. The van der Waals surface area contributed by atoms with Gasteiger partial charge in [-0.15, -0.1) is 0 Å². The largest absolute Gasteiger partial charge is 0.494 e. The summed E-state index contributed by atoms with van der Waals surface area (Å²) in [7, 11) is 0. The molecule has 2 heteroatoms. The number of ether oxygens (including phenoxy) is 1. The van der Waals surface area contributed by atoms with Crippen LogP contribution in [0.25, 0.3) is 0 Å². The second-order valence-electron chi connectivity index (χ2n) is 5.99. The second kappa shape index (κ2) is 7.42. The van der Waals surface area contributed by atoms with Crippen LogP contribution in [-0.2, 0) is 0 Å². The molecule has 1 unspecified atom stereocenters. The minimum Gasteiger partial charge on any atom is -0.494 e. The maximum Gasteiger partial charge on any atom is 0.119 e. The molecule has 2 nitrogen and oxygen atoms in total. The Morgan fingerprint density at radius 1 is 1.17 bits per heavy atom. The predicted molar refractivity (Wildman–Crippen MR) is 78.0 cm³/mol. The molecule has 0 spiro atoms. The SMILES string of the molecule is CC(CNCCCOc1ccccc1)C(C)(C)C. The number of nitrogens with one attached hydrogen (secondary N) is 1. The van der Waals surface area contributed by atoms with E-state index >= 15 is 0 Å². The van der Waals surface area contributed by atoms with E-state index in [0.29, 0.717) is 11.3 Å². The molecule has 0 radical (unpaired) electrons. The minimum atomic E-state index is 0.382. The Balaban J connectivity index is 2.03. The second-order valence-corrected chi connectivity index (χ2v) is 5.99. The fourth-order valence-electron chi connectivity index (χ4n) is 1.53. The third kappa shape index (κ3) is 6.06. The van der Waals surface area contributed by atoms with Crippen LogP contribution in [0.5, 0.6) is 5.75 Å². The molecule has 1 aromatic rings. The Bertz CT molecular complexity index is 316. The van der Waals surface area contributed by atoms with Crippen LogP contribution in [0.3, 0.4) is 0 Å². The molecule has 0 saturated heterocycles. The van der Waals surface area contributed by atoms with Crippen LogP contribution < -0.4 is 10.1 Å². The zero-order valence-electron chi connectivity index (χ0n) is 12.2. The van der Waals surface area contributed by atoms with Crippen molar-refractivity contribution in [3.8, 4) is 5.75 Å². The van der Waals surface area contributed by atoms with E-state index < -0.39 is 0 Å². The number of para-hydroxylation sites is 1. The highest BCUT2D eigenvalue weighted by molar-refractivity contribution is 5.20. The highest BCUT2D eigenvalue weighted by atomic mass is 16.5. The van der Waals surface area contributed by atoms with Crippen molar-refractivity contribution in [3.63, 3.8) is 0 Å². The van der Waals surface area contributed by atoms with Gasteiger partial charge in [-0.2, -0.15) is 0 Å². The first-order valence-electron chi connectivity index (χ1n) is 6.88. The molecule has 1 rings (SSSR count). The Labute approximate surface area is 112 Å². The van der Waals surface area contributed by atoms with Crippen LogP contribution in [0.2, 0.25) is 0 Å². The summed E-state index contributed by atoms with van der Waals surface area (Å²) in [4.78, 5) is 0. The highest BCUT2D eigenvalue weighted by Crippen LogP contribution is 2.24. The van der Waals surface area contributed by atoms with Crippen LogP contribution in [-0.4, -0.2) is 19.7 Å². The normalized spacial score (nSPS) is 13.3. The first kappa shape index (κ1) is 15.0. The summed E-state index contributed by atoms with van der Waals surface area (Å²) in [6.07, 6.45) is 1.05. The molecule has 0 saturated carbocycles. The molecule has 0 bridgehead atoms. The third-order valence-electron chi connectivity index (χ3n) is 3.44. The molecule has 0 aliphatic rings. The molecular formula is C16H27NO. The van der Waals surface area contributed by atoms with Crippen LogP contribution >= 0.6 is 0 Å². The maximum atomic E-state index is 5.64. The van der Waals surface area contributed by atoms with Gasteiger partial charge in [0.1, 0.15) is 5.75 Å². The summed E-state index contributed by atoms with van der Waals surface area (Å²) < 4.78 is 5.64. The van der Waals surface area contributed by atoms with Gasteiger partial charge in [-0.3, -0.25) is 0 Å². The standard InChI is InChI=1S/C16H27NO/c1-14(16(2,3)4)13-17-11-8-12-18-15-9-6-5-7-10-15/h5-7,9-10,14,17H,8,11-13H2,1-4H3. The number of hydrogen-bond acceptors (Lipinski definition) is 2. The molecule has 0 heterocycles. The molecule has 18 heavy (non-hydrogen) atoms. The zero-order valence-corrected chi connectivity index (χ0v) is 12.2. The number of benzene rings is 1. The Hall–Kier alpha value is -1.02. The van der Waals surface area contributed by atoms with Crippen LogP contribution in [0, 0.1) is 11.3 Å². The van der Waals surface area contributed by atoms with Crippen molar-refractivity contribution in [1.82, 2.24) is 5.32 Å². The van der Waals surface area contributed by atoms with Crippen molar-refractivity contribution >= 4 is 0 Å². The monoisotopic (exact) mass is 249 g/mol. The van der Waals surface area contributed by atoms with Gasteiger partial charge in [-0.25, -0.2) is 0 Å². The van der Waals surface area contributed by atoms with Gasteiger partial charge in [0.05, 0.1) is 6.61 Å². The third-order valence-corrected chi connectivity index (χ3v) is 3.44. The average Bonchev–Trinajstić information content (AvgIpc) is 2.33. The Morgan fingerprint density at radius 3 is 2.44 bits per heavy atom. The van der Waals surface area contributed by atoms with Crippen LogP contribution in [0.15, 0.2) is 30.3 Å². The smallest absolute Gasteiger partial charge is 0.119 e. The molecule has 0 amide bonds. The molecule has 0 fully saturated rings. The summed E-state index contributed by atoms with van der Waals surface area (Å²) >= 11 is 0. The maximum absolute atomic E-state index is 5.64. The molecule has 1 aromatic carbocycles. The lowest BCUT2D eigenvalue weighted by Gasteiger charge is -2.27. The quantitative estimate of drug-likeness (QED) is 0.744. The lowest BCUT2D eigenvalue weighted by molar-refractivity contribution is 0.248. The first-order chi connectivity index (χ1) is 8.50. The number of hydrogen-bond donors (Lipinski definition) is 1. The van der Waals surface area contributed by atoms with E-state index in [1.165, 1.54) is 0 Å². The molecule has 0 aliphatic heterocycles. The summed E-state index contributed by atoms with van der Waals surface area (Å²) in [5.74, 6) is 1.65. The summed E-state index contributed by atoms with van der Waals surface area (Å²) in [5.41, 5.74) is 0.382. The van der Waals surface area contributed by atoms with E-state index in [1.807, 2.05) is 30.3 Å². The first-order valence-corrected chi connectivity index (χ1v) is 6.88. The van der Waals surface area contributed by atoms with Gasteiger partial charge in [-0.05, 0) is 43.0 Å². The van der Waals surface area contributed by atoms with Crippen molar-refractivity contribution in [1.29, 1.82) is 0 Å². The summed E-state index contributed by atoms with van der Waals surface area (Å²) in [6, 6.07) is 9.99. The molecule has 0 aromatic heterocycles. The zero-order chi connectivity index (χ0) is 13.4. The molecule has 0 aliphatic carbocycles. The molecule has 1 N–H and O–H groups in total. The van der Waals surface area contributed by atoms with Crippen molar-refractivity contribution in [2.45, 2.75) is 34.1 Å². The summed E-state index contributed by atoms with van der Waals surface area (Å²) in [6.45, 7) is 12.0. The lowest BCUT2D eigenvalue weighted by Crippen LogP contribution is -2.30. The molecular weight excluding hydrogens is 222 g/mol. The van der Waals surface area contributed by atoms with E-state index in [9.17, 15) is 0 Å². The van der Waals surface area contributed by atoms with Crippen LogP contribution in [0.1, 0.15) is 34.1 Å². The van der Waals surface area contributed by atoms with Gasteiger partial charge in [0.2, 0.25) is 0 Å². The topological polar surface area (TPSA) is 21.3 Å². The Kier molecular flexibility index (Phi) is 6.20. The van der Waals surface area contributed by atoms with E-state index in [-0.39, 0.29) is 0 Å². The fourth-order valence-corrected chi connectivity index (χ4v) is 1.53. The molecule has 1 atom stereocenters. The van der Waals surface area contributed by atoms with E-state index in [1.54, 1.807) is 0 Å². The molecule has 102 valence electrons. The van der Waals surface area contributed by atoms with Gasteiger partial charge in [0.25, 0.3) is 0 Å². The van der Waals surface area contributed by atoms with Gasteiger partial charge in [-0.1, -0.05) is 45.9 Å². The van der Waals surface area contributed by atoms with Crippen molar-refractivity contribution in [2.24, 2.45) is 11.3 Å². The average molecular weight is 249 g/mol. The fraction of sp³-hybridized carbons (Fsp3) is 0.625. The lowest BCUT2D eigenvalue weighted by atomic mass is 9.82. The van der Waals surface area contributed by atoms with Crippen LogP contribution in [0.4, 0.5) is 0 Å². The van der Waals surface area contributed by atoms with Gasteiger partial charge in [0.15, 0.2) is 0 Å². The van der Waals surface area contributed by atoms with Crippen molar-refractivity contribution in [2.75, 3.05) is 19.7 Å². The number of rotatable bonds is 7.